The first-order valence-corrected chi connectivity index (χ1v) is 4.57. The topological polar surface area (TPSA) is 68.2 Å². The maximum Gasteiger partial charge on any atom is 0.323 e. The van der Waals surface area contributed by atoms with Crippen LogP contribution in [0, 0.1) is 6.92 Å². The maximum absolute atomic E-state index is 5.37. The lowest BCUT2D eigenvalue weighted by Crippen LogP contribution is -2.11. The largest absolute Gasteiger partial charge is 0.389 e. The van der Waals surface area contributed by atoms with Gasteiger partial charge in [0.2, 0.25) is 0 Å². The van der Waals surface area contributed by atoms with Gasteiger partial charge in [0.1, 0.15) is 0 Å². The van der Waals surface area contributed by atoms with E-state index in [0.29, 0.717) is 6.01 Å². The fourth-order valence-corrected chi connectivity index (χ4v) is 1.40. The molecule has 0 atom stereocenters. The molecule has 1 aromatic heterocycles. The molecular weight excluding hydrogens is 192 g/mol. The van der Waals surface area contributed by atoms with Crippen molar-refractivity contribution in [1.82, 2.24) is 10.2 Å². The van der Waals surface area contributed by atoms with Crippen molar-refractivity contribution in [3.05, 3.63) is 29.8 Å². The predicted molar refractivity (Wildman–Crippen MR) is 58.0 cm³/mol. The Bertz CT molecular complexity index is 466. The van der Waals surface area contributed by atoms with Crippen LogP contribution in [0.3, 0.4) is 0 Å². The molecule has 0 bridgehead atoms. The highest BCUT2D eigenvalue weighted by Gasteiger charge is 2.12. The van der Waals surface area contributed by atoms with E-state index in [1.165, 1.54) is 0 Å². The molecule has 5 nitrogen and oxygen atoms in total. The summed E-state index contributed by atoms with van der Waals surface area (Å²) in [6.45, 7) is 2.02. The monoisotopic (exact) mass is 204 g/mol. The third-order valence-corrected chi connectivity index (χ3v) is 2.19. The second-order valence-electron chi connectivity index (χ2n) is 3.27. The van der Waals surface area contributed by atoms with Crippen molar-refractivity contribution in [1.29, 1.82) is 0 Å². The summed E-state index contributed by atoms with van der Waals surface area (Å²) in [6.07, 6.45) is 0. The molecule has 0 radical (unpaired) electrons. The van der Waals surface area contributed by atoms with Gasteiger partial charge in [-0.25, -0.2) is 0 Å². The lowest BCUT2D eigenvalue weighted by molar-refractivity contribution is 0.576. The van der Waals surface area contributed by atoms with Gasteiger partial charge < -0.3 is 10.2 Å². The quantitative estimate of drug-likeness (QED) is 0.806. The van der Waals surface area contributed by atoms with Crippen molar-refractivity contribution in [2.75, 3.05) is 17.7 Å². The number of rotatable bonds is 2. The Labute approximate surface area is 87.5 Å². The summed E-state index contributed by atoms with van der Waals surface area (Å²) < 4.78 is 5.14. The molecule has 0 amide bonds. The first-order chi connectivity index (χ1) is 7.18. The number of nitrogen functional groups attached to an aromatic ring is 1. The highest BCUT2D eigenvalue weighted by Crippen LogP contribution is 2.25. The second kappa shape index (κ2) is 3.61. The van der Waals surface area contributed by atoms with E-state index in [1.807, 2.05) is 38.2 Å². The van der Waals surface area contributed by atoms with Crippen LogP contribution >= 0.6 is 0 Å². The van der Waals surface area contributed by atoms with Crippen LogP contribution in [0.15, 0.2) is 28.7 Å². The Hall–Kier alpha value is -2.04. The average molecular weight is 204 g/mol. The number of nitrogens with zero attached hydrogens (tertiary/aromatic N) is 3. The minimum atomic E-state index is 0.0745. The lowest BCUT2D eigenvalue weighted by atomic mass is 10.2. The summed E-state index contributed by atoms with van der Waals surface area (Å²) in [7, 11) is 1.86. The minimum Gasteiger partial charge on any atom is -0.389 e. The van der Waals surface area contributed by atoms with Crippen LogP contribution in [-0.4, -0.2) is 17.2 Å². The molecule has 0 aliphatic heterocycles. The van der Waals surface area contributed by atoms with Gasteiger partial charge in [0, 0.05) is 12.7 Å². The van der Waals surface area contributed by atoms with E-state index >= 15 is 0 Å². The Kier molecular flexibility index (Phi) is 2.29. The van der Waals surface area contributed by atoms with Crippen LogP contribution in [0.1, 0.15) is 5.56 Å². The smallest absolute Gasteiger partial charge is 0.323 e. The first kappa shape index (κ1) is 9.51. The number of aromatic nitrogens is 2. The van der Waals surface area contributed by atoms with Gasteiger partial charge in [0.15, 0.2) is 0 Å². The molecule has 1 aromatic carbocycles. The molecule has 0 aliphatic rings. The Morgan fingerprint density at radius 3 is 2.60 bits per heavy atom. The molecule has 5 heteroatoms. The Morgan fingerprint density at radius 2 is 2.00 bits per heavy atom. The van der Waals surface area contributed by atoms with Crippen LogP contribution in [0.5, 0.6) is 0 Å². The molecule has 0 saturated heterocycles. The molecular formula is C10H12N4O. The molecule has 15 heavy (non-hydrogen) atoms. The van der Waals surface area contributed by atoms with Gasteiger partial charge in [-0.15, -0.1) is 0 Å². The van der Waals surface area contributed by atoms with E-state index in [0.717, 1.165) is 11.3 Å². The van der Waals surface area contributed by atoms with Gasteiger partial charge in [0.25, 0.3) is 0 Å². The molecule has 0 unspecified atom stereocenters. The van der Waals surface area contributed by atoms with E-state index in [9.17, 15) is 0 Å². The molecule has 1 heterocycles. The number of hydrogen-bond donors (Lipinski definition) is 1. The van der Waals surface area contributed by atoms with Crippen molar-refractivity contribution >= 4 is 17.7 Å². The fourth-order valence-electron chi connectivity index (χ4n) is 1.40. The molecule has 2 N–H and O–H groups in total. The zero-order valence-corrected chi connectivity index (χ0v) is 8.64. The zero-order chi connectivity index (χ0) is 10.8. The number of anilines is 3. The second-order valence-corrected chi connectivity index (χ2v) is 3.27. The summed E-state index contributed by atoms with van der Waals surface area (Å²) in [4.78, 5) is 1.80. The lowest BCUT2D eigenvalue weighted by Gasteiger charge is -2.15. The van der Waals surface area contributed by atoms with Crippen LogP contribution in [0.25, 0.3) is 0 Å². The molecule has 0 aliphatic carbocycles. The van der Waals surface area contributed by atoms with E-state index in [4.69, 9.17) is 10.2 Å². The van der Waals surface area contributed by atoms with Gasteiger partial charge in [-0.05, 0) is 18.6 Å². The average Bonchev–Trinajstić information content (AvgIpc) is 2.65. The number of para-hydroxylation sites is 1. The summed E-state index contributed by atoms with van der Waals surface area (Å²) in [5.74, 6) is 0. The number of aryl methyl sites for hydroxylation is 1. The van der Waals surface area contributed by atoms with Crippen LogP contribution in [-0.2, 0) is 0 Å². The van der Waals surface area contributed by atoms with E-state index in [1.54, 1.807) is 4.90 Å². The first-order valence-electron chi connectivity index (χ1n) is 4.57. The predicted octanol–water partition coefficient (Wildman–Crippen LogP) is 1.73. The van der Waals surface area contributed by atoms with Crippen molar-refractivity contribution in [3.63, 3.8) is 0 Å². The van der Waals surface area contributed by atoms with Crippen molar-refractivity contribution in [2.24, 2.45) is 0 Å². The summed E-state index contributed by atoms with van der Waals surface area (Å²) >= 11 is 0. The third kappa shape index (κ3) is 1.76. The number of benzene rings is 1. The summed E-state index contributed by atoms with van der Waals surface area (Å²) in [5, 5.41) is 7.43. The molecule has 78 valence electrons. The van der Waals surface area contributed by atoms with E-state index < -0.39 is 0 Å². The van der Waals surface area contributed by atoms with Gasteiger partial charge in [0.05, 0.1) is 0 Å². The van der Waals surface area contributed by atoms with Crippen LogP contribution in [0.4, 0.5) is 17.7 Å². The summed E-state index contributed by atoms with van der Waals surface area (Å²) in [6, 6.07) is 8.40. The zero-order valence-electron chi connectivity index (χ0n) is 8.64. The minimum absolute atomic E-state index is 0.0745. The van der Waals surface area contributed by atoms with Crippen LogP contribution in [0.2, 0.25) is 0 Å². The Balaban J connectivity index is 2.36. The molecule has 0 spiro atoms. The fraction of sp³-hybridized carbons (Fsp3) is 0.200. The SMILES string of the molecule is Cc1ccccc1N(C)c1nnc(N)o1. The van der Waals surface area contributed by atoms with E-state index in [-0.39, 0.29) is 6.01 Å². The normalized spacial score (nSPS) is 10.3. The highest BCUT2D eigenvalue weighted by atomic mass is 16.4. The van der Waals surface area contributed by atoms with Crippen molar-refractivity contribution in [2.45, 2.75) is 6.92 Å². The third-order valence-electron chi connectivity index (χ3n) is 2.19. The van der Waals surface area contributed by atoms with Gasteiger partial charge in [-0.1, -0.05) is 28.4 Å². The summed E-state index contributed by atoms with van der Waals surface area (Å²) in [5.41, 5.74) is 7.52. The number of nitrogens with two attached hydrogens (primary N) is 1. The van der Waals surface area contributed by atoms with Gasteiger partial charge in [-0.3, -0.25) is 4.90 Å². The number of hydrogen-bond acceptors (Lipinski definition) is 5. The van der Waals surface area contributed by atoms with Crippen molar-refractivity contribution in [3.8, 4) is 0 Å². The molecule has 0 fully saturated rings. The van der Waals surface area contributed by atoms with Crippen LogP contribution < -0.4 is 10.6 Å². The highest BCUT2D eigenvalue weighted by molar-refractivity contribution is 5.59. The van der Waals surface area contributed by atoms with Gasteiger partial charge in [-0.2, -0.15) is 0 Å². The molecule has 0 saturated carbocycles. The molecule has 2 rings (SSSR count). The molecule has 2 aromatic rings. The van der Waals surface area contributed by atoms with Gasteiger partial charge >= 0.3 is 12.0 Å². The maximum atomic E-state index is 5.37. The Morgan fingerprint density at radius 1 is 1.27 bits per heavy atom. The standard InChI is InChI=1S/C10H12N4O/c1-7-5-3-4-6-8(7)14(2)10-13-12-9(11)15-10/h3-6H,1-2H3,(H2,11,12). The van der Waals surface area contributed by atoms with E-state index in [2.05, 4.69) is 10.2 Å². The van der Waals surface area contributed by atoms with Crippen molar-refractivity contribution < 1.29 is 4.42 Å².